The first-order valence-electron chi connectivity index (χ1n) is 6.12. The highest BCUT2D eigenvalue weighted by molar-refractivity contribution is 5.66. The first-order valence-corrected chi connectivity index (χ1v) is 6.12. The maximum absolute atomic E-state index is 11.8. The van der Waals surface area contributed by atoms with Crippen LogP contribution < -0.4 is 16.9 Å². The fraction of sp³-hybridized carbons (Fsp3) is 0. The van der Waals surface area contributed by atoms with Crippen molar-refractivity contribution in [3.05, 3.63) is 73.9 Å². The highest BCUT2D eigenvalue weighted by Gasteiger charge is 2.08. The molecule has 0 bridgehead atoms. The minimum Gasteiger partial charge on any atom is -0.313 e. The number of rotatable bonds is 2. The Morgan fingerprint density at radius 3 is 2.43 bits per heavy atom. The maximum Gasteiger partial charge on any atom is 0.345 e. The molecule has 7 heteroatoms. The summed E-state index contributed by atoms with van der Waals surface area (Å²) in [5, 5.41) is 0. The van der Waals surface area contributed by atoms with Crippen molar-refractivity contribution >= 4 is 0 Å². The van der Waals surface area contributed by atoms with Gasteiger partial charge in [0.2, 0.25) is 0 Å². The minimum atomic E-state index is -0.608. The van der Waals surface area contributed by atoms with Crippen molar-refractivity contribution in [1.29, 1.82) is 0 Å². The second-order valence-corrected chi connectivity index (χ2v) is 4.34. The lowest BCUT2D eigenvalue weighted by Gasteiger charge is -2.03. The lowest BCUT2D eigenvalue weighted by atomic mass is 10.1. The van der Waals surface area contributed by atoms with E-state index in [1.807, 2.05) is 30.3 Å². The van der Waals surface area contributed by atoms with Crippen LogP contribution in [0.2, 0.25) is 0 Å². The molecular formula is C14H10N4O3. The van der Waals surface area contributed by atoms with Gasteiger partial charge < -0.3 is 9.97 Å². The molecule has 0 spiro atoms. The number of hydrogen-bond donors (Lipinski definition) is 3. The molecule has 2 heterocycles. The molecule has 0 amide bonds. The van der Waals surface area contributed by atoms with E-state index in [0.29, 0.717) is 5.69 Å². The van der Waals surface area contributed by atoms with E-state index in [4.69, 9.17) is 0 Å². The van der Waals surface area contributed by atoms with Gasteiger partial charge in [-0.05, 0) is 6.07 Å². The van der Waals surface area contributed by atoms with E-state index in [2.05, 4.69) is 19.9 Å². The van der Waals surface area contributed by atoms with Crippen molar-refractivity contribution < 1.29 is 0 Å². The van der Waals surface area contributed by atoms with Gasteiger partial charge in [0.15, 0.2) is 0 Å². The molecule has 0 atom stereocenters. The molecule has 0 saturated carbocycles. The zero-order valence-corrected chi connectivity index (χ0v) is 10.7. The average molecular weight is 282 g/mol. The smallest absolute Gasteiger partial charge is 0.313 e. The zero-order chi connectivity index (χ0) is 14.8. The van der Waals surface area contributed by atoms with Gasteiger partial charge in [-0.2, -0.15) is 4.98 Å². The Balaban J connectivity index is 2.21. The first-order chi connectivity index (χ1) is 10.1. The number of H-pyrrole nitrogens is 3. The molecular weight excluding hydrogens is 272 g/mol. The van der Waals surface area contributed by atoms with Crippen molar-refractivity contribution in [3.63, 3.8) is 0 Å². The normalized spacial score (nSPS) is 10.5. The Kier molecular flexibility index (Phi) is 3.07. The van der Waals surface area contributed by atoms with Crippen LogP contribution in [-0.4, -0.2) is 19.9 Å². The average Bonchev–Trinajstić information content (AvgIpc) is 2.47. The molecule has 104 valence electrons. The molecule has 0 fully saturated rings. The van der Waals surface area contributed by atoms with Crippen molar-refractivity contribution in [2.75, 3.05) is 0 Å². The van der Waals surface area contributed by atoms with Crippen LogP contribution in [0.3, 0.4) is 0 Å². The summed E-state index contributed by atoms with van der Waals surface area (Å²) in [6.07, 6.45) is 1.25. The summed E-state index contributed by atoms with van der Waals surface area (Å²) in [7, 11) is 0. The van der Waals surface area contributed by atoms with Gasteiger partial charge in [-0.3, -0.25) is 9.78 Å². The van der Waals surface area contributed by atoms with Gasteiger partial charge in [0.25, 0.3) is 5.56 Å². The second kappa shape index (κ2) is 5.04. The van der Waals surface area contributed by atoms with Crippen LogP contribution in [0.15, 0.2) is 57.0 Å². The van der Waals surface area contributed by atoms with Gasteiger partial charge in [0.05, 0.1) is 17.0 Å². The van der Waals surface area contributed by atoms with E-state index >= 15 is 0 Å². The monoisotopic (exact) mass is 282 g/mol. The van der Waals surface area contributed by atoms with Gasteiger partial charge in [-0.25, -0.2) is 9.59 Å². The molecule has 0 aliphatic carbocycles. The molecule has 21 heavy (non-hydrogen) atoms. The van der Waals surface area contributed by atoms with Gasteiger partial charge in [0, 0.05) is 11.8 Å². The molecule has 3 aromatic rings. The van der Waals surface area contributed by atoms with E-state index < -0.39 is 16.9 Å². The largest absolute Gasteiger partial charge is 0.345 e. The van der Waals surface area contributed by atoms with Crippen LogP contribution in [0.5, 0.6) is 0 Å². The molecule has 0 aliphatic heterocycles. The summed E-state index contributed by atoms with van der Waals surface area (Å²) in [5.41, 5.74) is -0.122. The lowest BCUT2D eigenvalue weighted by molar-refractivity contribution is 1.02. The van der Waals surface area contributed by atoms with Crippen LogP contribution in [0.1, 0.15) is 0 Å². The quantitative estimate of drug-likeness (QED) is 0.634. The second-order valence-electron chi connectivity index (χ2n) is 4.34. The Bertz CT molecular complexity index is 954. The van der Waals surface area contributed by atoms with E-state index in [1.54, 1.807) is 6.07 Å². The number of aromatic amines is 3. The zero-order valence-electron chi connectivity index (χ0n) is 10.7. The van der Waals surface area contributed by atoms with Gasteiger partial charge in [-0.1, -0.05) is 30.3 Å². The molecule has 7 nitrogen and oxygen atoms in total. The van der Waals surface area contributed by atoms with E-state index in [0.717, 1.165) is 5.56 Å². The summed E-state index contributed by atoms with van der Waals surface area (Å²) in [6.45, 7) is 0. The SMILES string of the molecule is O=c1nc(-c2ccccc2)cc(-c2c[nH]c(=O)[nH]c2=O)[nH]1. The number of benzene rings is 1. The number of aromatic nitrogens is 4. The third kappa shape index (κ3) is 2.57. The minimum absolute atomic E-state index is 0.159. The Hall–Kier alpha value is -3.22. The number of nitrogens with one attached hydrogen (secondary N) is 3. The Labute approximate surface area is 117 Å². The fourth-order valence-corrected chi connectivity index (χ4v) is 1.97. The van der Waals surface area contributed by atoms with Crippen LogP contribution in [0.4, 0.5) is 0 Å². The molecule has 0 saturated heterocycles. The van der Waals surface area contributed by atoms with Crippen LogP contribution in [0, 0.1) is 0 Å². The number of hydrogen-bond acceptors (Lipinski definition) is 4. The molecule has 1 aromatic carbocycles. The Morgan fingerprint density at radius 1 is 0.952 bits per heavy atom. The van der Waals surface area contributed by atoms with E-state index in [9.17, 15) is 14.4 Å². The standard InChI is InChI=1S/C14H10N4O3/c19-12-9(7-15-13(20)18-12)11-6-10(16-14(21)17-11)8-4-2-1-3-5-8/h1-7H,(H,16,17,21)(H2,15,18,19,20). The summed E-state index contributed by atoms with van der Waals surface area (Å²) in [6, 6.07) is 10.7. The highest BCUT2D eigenvalue weighted by atomic mass is 16.2. The van der Waals surface area contributed by atoms with Gasteiger partial charge in [0.1, 0.15) is 0 Å². The molecule has 0 aliphatic rings. The molecule has 3 N–H and O–H groups in total. The van der Waals surface area contributed by atoms with Crippen molar-refractivity contribution in [2.45, 2.75) is 0 Å². The van der Waals surface area contributed by atoms with Crippen LogP contribution in [0.25, 0.3) is 22.5 Å². The van der Waals surface area contributed by atoms with Crippen LogP contribution in [-0.2, 0) is 0 Å². The molecule has 0 unspecified atom stereocenters. The third-order valence-corrected chi connectivity index (χ3v) is 2.92. The molecule has 0 radical (unpaired) electrons. The highest BCUT2D eigenvalue weighted by Crippen LogP contribution is 2.18. The lowest BCUT2D eigenvalue weighted by Crippen LogP contribution is -2.24. The van der Waals surface area contributed by atoms with Crippen molar-refractivity contribution in [3.8, 4) is 22.5 Å². The predicted octanol–water partition coefficient (Wildman–Crippen LogP) is 0.480. The summed E-state index contributed by atoms with van der Waals surface area (Å²) < 4.78 is 0. The fourth-order valence-electron chi connectivity index (χ4n) is 1.97. The number of nitrogens with zero attached hydrogens (tertiary/aromatic N) is 1. The van der Waals surface area contributed by atoms with Crippen molar-refractivity contribution in [2.24, 2.45) is 0 Å². The summed E-state index contributed by atoms with van der Waals surface area (Å²) in [4.78, 5) is 45.3. The van der Waals surface area contributed by atoms with Gasteiger partial charge >= 0.3 is 11.4 Å². The van der Waals surface area contributed by atoms with Crippen molar-refractivity contribution in [1.82, 2.24) is 19.9 Å². The van der Waals surface area contributed by atoms with E-state index in [-0.39, 0.29) is 11.3 Å². The van der Waals surface area contributed by atoms with E-state index in [1.165, 1.54) is 6.20 Å². The third-order valence-electron chi connectivity index (χ3n) is 2.92. The summed E-state index contributed by atoms with van der Waals surface area (Å²) >= 11 is 0. The molecule has 3 rings (SSSR count). The maximum atomic E-state index is 11.8. The topological polar surface area (TPSA) is 111 Å². The summed E-state index contributed by atoms with van der Waals surface area (Å²) in [5.74, 6) is 0. The Morgan fingerprint density at radius 2 is 1.71 bits per heavy atom. The van der Waals surface area contributed by atoms with Crippen LogP contribution >= 0.6 is 0 Å². The first kappa shape index (κ1) is 12.8. The predicted molar refractivity (Wildman–Crippen MR) is 77.0 cm³/mol. The van der Waals surface area contributed by atoms with Gasteiger partial charge in [-0.15, -0.1) is 0 Å². The molecule has 2 aromatic heterocycles.